The Balaban J connectivity index is 1.11. The summed E-state index contributed by atoms with van der Waals surface area (Å²) in [7, 11) is 0. The Hall–Kier alpha value is -5.84. The molecule has 3 unspecified atom stereocenters. The molecule has 3 nitrogen and oxygen atoms in total. The first-order chi connectivity index (χ1) is 24.3. The van der Waals surface area contributed by atoms with Gasteiger partial charge in [0.25, 0.3) is 0 Å². The summed E-state index contributed by atoms with van der Waals surface area (Å²) in [4.78, 5) is 0. The molecule has 3 atom stereocenters. The fraction of sp³-hybridized carbons (Fsp3) is 0.0667. The molecule has 0 amide bonds. The summed E-state index contributed by atoms with van der Waals surface area (Å²) in [6, 6.07) is 46.0. The van der Waals surface area contributed by atoms with Crippen LogP contribution in [0.15, 0.2) is 157 Å². The molecular weight excluding hydrogens is 617 g/mol. The number of para-hydroxylation sites is 2. The van der Waals surface area contributed by atoms with E-state index in [-0.39, 0.29) is 18.1 Å². The number of allylic oxidation sites excluding steroid dienone is 4. The summed E-state index contributed by atoms with van der Waals surface area (Å²) in [5, 5.41) is 10.2. The normalized spacial score (nSPS) is 19.1. The maximum atomic E-state index is 7.05. The van der Waals surface area contributed by atoms with Crippen LogP contribution in [0, 0.1) is 5.92 Å². The predicted octanol–water partition coefficient (Wildman–Crippen LogP) is 11.9. The van der Waals surface area contributed by atoms with Crippen LogP contribution < -0.4 is 10.1 Å². The topological polar surface area (TPSA) is 26.2 Å². The molecule has 232 valence electrons. The third-order valence-electron chi connectivity index (χ3n) is 10.6. The SMILES string of the molecule is C1=CC2C(C3Nc4c(cc(-c5ccc6ccccc6c5)c5sc6ccccc6c45)O3)=Cc3c(n(-c4ccccc4)c4ccccc34)C2C=C1. The van der Waals surface area contributed by atoms with E-state index in [1.165, 1.54) is 75.5 Å². The van der Waals surface area contributed by atoms with Crippen LogP contribution in [0.25, 0.3) is 64.7 Å². The zero-order chi connectivity index (χ0) is 32.1. The van der Waals surface area contributed by atoms with Gasteiger partial charge in [-0.2, -0.15) is 0 Å². The maximum absolute atomic E-state index is 7.05. The van der Waals surface area contributed by atoms with Crippen molar-refractivity contribution < 1.29 is 4.74 Å². The van der Waals surface area contributed by atoms with Crippen molar-refractivity contribution in [1.82, 2.24) is 4.57 Å². The molecule has 2 aliphatic carbocycles. The summed E-state index contributed by atoms with van der Waals surface area (Å²) >= 11 is 1.87. The molecule has 0 saturated heterocycles. The molecule has 4 heteroatoms. The minimum absolute atomic E-state index is 0.158. The molecule has 8 aromatic rings. The number of aromatic nitrogens is 1. The molecule has 0 fully saturated rings. The maximum Gasteiger partial charge on any atom is 0.193 e. The second-order valence-electron chi connectivity index (χ2n) is 13.3. The first kappa shape index (κ1) is 27.1. The smallest absolute Gasteiger partial charge is 0.193 e. The number of fused-ring (bicyclic) bond motifs is 11. The molecule has 0 radical (unpaired) electrons. The van der Waals surface area contributed by atoms with E-state index in [1.54, 1.807) is 0 Å². The molecule has 3 aliphatic rings. The van der Waals surface area contributed by atoms with Crippen molar-refractivity contribution in [2.24, 2.45) is 5.92 Å². The largest absolute Gasteiger partial charge is 0.465 e. The second kappa shape index (κ2) is 10.3. The fourth-order valence-electron chi connectivity index (χ4n) is 8.44. The van der Waals surface area contributed by atoms with E-state index in [0.29, 0.717) is 0 Å². The van der Waals surface area contributed by atoms with Gasteiger partial charge in [0.1, 0.15) is 5.75 Å². The van der Waals surface area contributed by atoms with Crippen LogP contribution in [0.4, 0.5) is 5.69 Å². The Morgan fingerprint density at radius 2 is 1.43 bits per heavy atom. The summed E-state index contributed by atoms with van der Waals surface area (Å²) in [5.74, 6) is 1.25. The third kappa shape index (κ3) is 3.95. The summed E-state index contributed by atoms with van der Waals surface area (Å²) in [6.45, 7) is 0. The van der Waals surface area contributed by atoms with E-state index in [1.807, 2.05) is 11.3 Å². The average Bonchev–Trinajstić information content (AvgIpc) is 3.86. The van der Waals surface area contributed by atoms with Gasteiger partial charge in [0.05, 0.1) is 11.2 Å². The van der Waals surface area contributed by atoms with Gasteiger partial charge in [-0.25, -0.2) is 0 Å². The van der Waals surface area contributed by atoms with Crippen LogP contribution in [0.5, 0.6) is 5.75 Å². The number of thiophene rings is 1. The average molecular weight is 647 g/mol. The van der Waals surface area contributed by atoms with E-state index < -0.39 is 0 Å². The lowest BCUT2D eigenvalue weighted by Crippen LogP contribution is -2.32. The van der Waals surface area contributed by atoms with Crippen LogP contribution in [0.3, 0.4) is 0 Å². The highest BCUT2D eigenvalue weighted by Crippen LogP contribution is 2.53. The number of nitrogens with one attached hydrogen (secondary N) is 1. The molecule has 1 aliphatic heterocycles. The summed E-state index contributed by atoms with van der Waals surface area (Å²) in [6.07, 6.45) is 11.3. The van der Waals surface area contributed by atoms with Gasteiger partial charge in [-0.15, -0.1) is 11.3 Å². The Bertz CT molecular complexity index is 2740. The molecule has 6 aromatic carbocycles. The van der Waals surface area contributed by atoms with Crippen molar-refractivity contribution >= 4 is 64.9 Å². The molecule has 11 rings (SSSR count). The zero-order valence-corrected chi connectivity index (χ0v) is 27.3. The molecule has 49 heavy (non-hydrogen) atoms. The first-order valence-corrected chi connectivity index (χ1v) is 17.8. The monoisotopic (exact) mass is 646 g/mol. The van der Waals surface area contributed by atoms with Crippen LogP contribution >= 0.6 is 11.3 Å². The second-order valence-corrected chi connectivity index (χ2v) is 14.3. The number of ether oxygens (including phenoxy) is 1. The molecule has 0 saturated carbocycles. The van der Waals surface area contributed by atoms with Crippen LogP contribution in [0.1, 0.15) is 17.2 Å². The predicted molar refractivity (Wildman–Crippen MR) is 206 cm³/mol. The highest BCUT2D eigenvalue weighted by atomic mass is 32.1. The van der Waals surface area contributed by atoms with E-state index in [2.05, 4.69) is 168 Å². The van der Waals surface area contributed by atoms with Gasteiger partial charge in [-0.05, 0) is 64.4 Å². The lowest BCUT2D eigenvalue weighted by Gasteiger charge is -2.34. The summed E-state index contributed by atoms with van der Waals surface area (Å²) < 4.78 is 12.1. The summed E-state index contributed by atoms with van der Waals surface area (Å²) in [5.41, 5.74) is 9.80. The first-order valence-electron chi connectivity index (χ1n) is 17.0. The van der Waals surface area contributed by atoms with E-state index in [9.17, 15) is 0 Å². The molecule has 2 aromatic heterocycles. The van der Waals surface area contributed by atoms with Gasteiger partial charge in [0.15, 0.2) is 6.23 Å². The van der Waals surface area contributed by atoms with Crippen molar-refractivity contribution in [3.63, 3.8) is 0 Å². The minimum atomic E-state index is -0.292. The van der Waals surface area contributed by atoms with Crippen molar-refractivity contribution in [3.8, 4) is 22.6 Å². The van der Waals surface area contributed by atoms with Crippen LogP contribution in [0.2, 0.25) is 0 Å². The van der Waals surface area contributed by atoms with Crippen LogP contribution in [-0.4, -0.2) is 10.8 Å². The molecular formula is C45H30N2OS. The number of rotatable bonds is 3. The molecule has 0 spiro atoms. The third-order valence-corrected chi connectivity index (χ3v) is 11.8. The van der Waals surface area contributed by atoms with Crippen LogP contribution in [-0.2, 0) is 0 Å². The lowest BCUT2D eigenvalue weighted by atomic mass is 9.74. The number of nitrogens with zero attached hydrogens (tertiary/aromatic N) is 1. The zero-order valence-electron chi connectivity index (χ0n) is 26.5. The van der Waals surface area contributed by atoms with Gasteiger partial charge in [-0.3, -0.25) is 0 Å². The van der Waals surface area contributed by atoms with Gasteiger partial charge >= 0.3 is 0 Å². The molecule has 1 N–H and O–H groups in total. The highest BCUT2D eigenvalue weighted by Gasteiger charge is 2.40. The fourth-order valence-corrected chi connectivity index (χ4v) is 9.69. The number of benzene rings is 6. The number of hydrogen-bond acceptors (Lipinski definition) is 3. The Labute approximate surface area is 287 Å². The van der Waals surface area contributed by atoms with E-state index >= 15 is 0 Å². The van der Waals surface area contributed by atoms with Gasteiger partial charge in [0.2, 0.25) is 0 Å². The Morgan fingerprint density at radius 3 is 2.33 bits per heavy atom. The van der Waals surface area contributed by atoms with Crippen molar-refractivity contribution in [2.45, 2.75) is 12.1 Å². The lowest BCUT2D eigenvalue weighted by molar-refractivity contribution is 0.275. The van der Waals surface area contributed by atoms with Gasteiger partial charge < -0.3 is 14.6 Å². The van der Waals surface area contributed by atoms with Crippen molar-refractivity contribution in [2.75, 3.05) is 5.32 Å². The van der Waals surface area contributed by atoms with Gasteiger partial charge in [-0.1, -0.05) is 115 Å². The standard InChI is InChI=1S/C45H30N2OS/c1-2-14-30(15-3-1)47-38-20-10-8-17-32(38)36-25-37(31-16-6-7-18-33(31)43(36)47)45-46-42-39(48-45)26-35(29-23-22-27-12-4-5-13-28(27)24-29)44-41(42)34-19-9-11-21-40(34)49-44/h1-26,31,33,45-46H. The highest BCUT2D eigenvalue weighted by molar-refractivity contribution is 7.26. The quantitative estimate of drug-likeness (QED) is 0.207. The van der Waals surface area contributed by atoms with Crippen molar-refractivity contribution in [1.29, 1.82) is 0 Å². The number of anilines is 1. The van der Waals surface area contributed by atoms with E-state index in [4.69, 9.17) is 4.74 Å². The Kier molecular flexibility index (Phi) is 5.72. The number of hydrogen-bond donors (Lipinski definition) is 1. The Morgan fingerprint density at radius 1 is 0.673 bits per heavy atom. The molecule has 3 heterocycles. The minimum Gasteiger partial charge on any atom is -0.465 e. The van der Waals surface area contributed by atoms with Crippen molar-refractivity contribution in [3.05, 3.63) is 169 Å². The van der Waals surface area contributed by atoms with E-state index in [0.717, 1.165) is 11.4 Å². The molecule has 0 bridgehead atoms. The van der Waals surface area contributed by atoms with Gasteiger partial charge in [0, 0.05) is 59.9 Å².